The molecule has 0 atom stereocenters. The lowest BCUT2D eigenvalue weighted by molar-refractivity contribution is -0.121. The number of methoxy groups -OCH3 is 2. The van der Waals surface area contributed by atoms with E-state index in [1.807, 2.05) is 54.6 Å². The molecular weight excluding hydrogens is 354 g/mol. The maximum absolute atomic E-state index is 12.2. The molecule has 0 bridgehead atoms. The highest BCUT2D eigenvalue weighted by Crippen LogP contribution is 2.27. The number of ether oxygens (including phenoxy) is 3. The third kappa shape index (κ3) is 4.94. The van der Waals surface area contributed by atoms with Crippen molar-refractivity contribution in [2.75, 3.05) is 20.8 Å². The van der Waals surface area contributed by atoms with Crippen molar-refractivity contribution in [3.63, 3.8) is 0 Å². The highest BCUT2D eigenvalue weighted by Gasteiger charge is 2.10. The summed E-state index contributed by atoms with van der Waals surface area (Å²) in [5.74, 6) is 2.33. The molecule has 0 aromatic heterocycles. The summed E-state index contributed by atoms with van der Waals surface area (Å²) in [6.07, 6.45) is 1.05. The van der Waals surface area contributed by atoms with Crippen LogP contribution in [0.5, 0.6) is 17.2 Å². The molecular formula is C23H25NO4. The van der Waals surface area contributed by atoms with Gasteiger partial charge < -0.3 is 19.5 Å². The molecule has 5 nitrogen and oxygen atoms in total. The number of rotatable bonds is 9. The number of benzene rings is 3. The van der Waals surface area contributed by atoms with E-state index in [0.29, 0.717) is 26.0 Å². The average molecular weight is 379 g/mol. The molecule has 3 aromatic rings. The van der Waals surface area contributed by atoms with Crippen LogP contribution >= 0.6 is 0 Å². The molecule has 0 aliphatic heterocycles. The second-order valence-electron chi connectivity index (χ2n) is 6.37. The number of carbonyl (C=O) groups excluding carboxylic acids is 1. The van der Waals surface area contributed by atoms with Gasteiger partial charge in [0.2, 0.25) is 5.91 Å². The van der Waals surface area contributed by atoms with Crippen LogP contribution in [0.4, 0.5) is 0 Å². The Morgan fingerprint density at radius 2 is 1.64 bits per heavy atom. The van der Waals surface area contributed by atoms with Gasteiger partial charge in [0.1, 0.15) is 17.2 Å². The summed E-state index contributed by atoms with van der Waals surface area (Å²) < 4.78 is 16.2. The Kier molecular flexibility index (Phi) is 6.73. The first-order valence-electron chi connectivity index (χ1n) is 9.29. The zero-order valence-corrected chi connectivity index (χ0v) is 16.2. The molecule has 3 rings (SSSR count). The molecule has 1 amide bonds. The fraction of sp³-hybridized carbons (Fsp3) is 0.261. The first-order valence-corrected chi connectivity index (χ1v) is 9.29. The van der Waals surface area contributed by atoms with Gasteiger partial charge in [-0.2, -0.15) is 0 Å². The smallest absolute Gasteiger partial charge is 0.220 e. The molecule has 0 heterocycles. The summed E-state index contributed by atoms with van der Waals surface area (Å²) in [5, 5.41) is 5.20. The van der Waals surface area contributed by atoms with Crippen LogP contribution in [0.25, 0.3) is 10.8 Å². The second kappa shape index (κ2) is 9.65. The maximum Gasteiger partial charge on any atom is 0.220 e. The minimum Gasteiger partial charge on any atom is -0.497 e. The summed E-state index contributed by atoms with van der Waals surface area (Å²) in [7, 11) is 3.27. The molecule has 0 unspecified atom stereocenters. The fourth-order valence-electron chi connectivity index (χ4n) is 3.06. The summed E-state index contributed by atoms with van der Waals surface area (Å²) in [4.78, 5) is 12.2. The normalized spacial score (nSPS) is 10.5. The van der Waals surface area contributed by atoms with Crippen molar-refractivity contribution in [2.24, 2.45) is 0 Å². The topological polar surface area (TPSA) is 56.8 Å². The lowest BCUT2D eigenvalue weighted by atomic mass is 10.0. The van der Waals surface area contributed by atoms with Crippen molar-refractivity contribution >= 4 is 16.7 Å². The maximum atomic E-state index is 12.2. The van der Waals surface area contributed by atoms with Gasteiger partial charge in [-0.3, -0.25) is 4.79 Å². The van der Waals surface area contributed by atoms with Crippen molar-refractivity contribution in [3.05, 3.63) is 66.2 Å². The van der Waals surface area contributed by atoms with E-state index in [1.54, 1.807) is 14.2 Å². The molecule has 0 aliphatic carbocycles. The lowest BCUT2D eigenvalue weighted by Gasteiger charge is -2.13. The van der Waals surface area contributed by atoms with Crippen molar-refractivity contribution in [1.82, 2.24) is 5.32 Å². The lowest BCUT2D eigenvalue weighted by Crippen LogP contribution is -2.23. The van der Waals surface area contributed by atoms with Gasteiger partial charge in [0, 0.05) is 18.5 Å². The van der Waals surface area contributed by atoms with Gasteiger partial charge in [0.05, 0.1) is 20.8 Å². The monoisotopic (exact) mass is 379 g/mol. The molecule has 5 heteroatoms. The molecule has 0 spiro atoms. The van der Waals surface area contributed by atoms with Crippen LogP contribution in [0.3, 0.4) is 0 Å². The number of amides is 1. The minimum absolute atomic E-state index is 0.00619. The molecule has 0 radical (unpaired) electrons. The van der Waals surface area contributed by atoms with E-state index in [-0.39, 0.29) is 5.91 Å². The van der Waals surface area contributed by atoms with E-state index >= 15 is 0 Å². The highest BCUT2D eigenvalue weighted by molar-refractivity contribution is 5.88. The van der Waals surface area contributed by atoms with Crippen molar-refractivity contribution in [2.45, 2.75) is 19.4 Å². The van der Waals surface area contributed by atoms with E-state index in [4.69, 9.17) is 14.2 Å². The molecule has 3 aromatic carbocycles. The van der Waals surface area contributed by atoms with Crippen LogP contribution in [0.1, 0.15) is 18.4 Å². The van der Waals surface area contributed by atoms with Crippen molar-refractivity contribution < 1.29 is 19.0 Å². The van der Waals surface area contributed by atoms with Gasteiger partial charge in [-0.1, -0.05) is 30.3 Å². The first-order chi connectivity index (χ1) is 13.7. The van der Waals surface area contributed by atoms with Gasteiger partial charge in [0.25, 0.3) is 0 Å². The van der Waals surface area contributed by atoms with Crippen LogP contribution in [0.15, 0.2) is 60.7 Å². The number of carbonyl (C=O) groups is 1. The number of fused-ring (bicyclic) bond motifs is 1. The zero-order chi connectivity index (χ0) is 19.8. The molecule has 0 saturated carbocycles. The van der Waals surface area contributed by atoms with Crippen LogP contribution < -0.4 is 19.5 Å². The van der Waals surface area contributed by atoms with E-state index < -0.39 is 0 Å². The molecule has 146 valence electrons. The van der Waals surface area contributed by atoms with Crippen molar-refractivity contribution in [3.8, 4) is 17.2 Å². The number of hydrogen-bond acceptors (Lipinski definition) is 4. The fourth-order valence-corrected chi connectivity index (χ4v) is 3.06. The van der Waals surface area contributed by atoms with Crippen LogP contribution in [0.2, 0.25) is 0 Å². The van der Waals surface area contributed by atoms with Gasteiger partial charge in [-0.05, 0) is 47.5 Å². The van der Waals surface area contributed by atoms with E-state index in [9.17, 15) is 4.79 Å². The molecule has 1 N–H and O–H groups in total. The molecule has 28 heavy (non-hydrogen) atoms. The Morgan fingerprint density at radius 1 is 0.893 bits per heavy atom. The predicted molar refractivity (Wildman–Crippen MR) is 110 cm³/mol. The largest absolute Gasteiger partial charge is 0.497 e. The Bertz CT molecular complexity index is 922. The Balaban J connectivity index is 1.48. The third-order valence-corrected chi connectivity index (χ3v) is 4.56. The molecule has 0 aliphatic rings. The van der Waals surface area contributed by atoms with E-state index in [0.717, 1.165) is 33.6 Å². The molecule has 0 fully saturated rings. The van der Waals surface area contributed by atoms with Crippen LogP contribution in [0, 0.1) is 0 Å². The van der Waals surface area contributed by atoms with E-state index in [2.05, 4.69) is 11.4 Å². The number of hydrogen-bond donors (Lipinski definition) is 1. The van der Waals surface area contributed by atoms with Gasteiger partial charge in [-0.25, -0.2) is 0 Å². The van der Waals surface area contributed by atoms with Crippen molar-refractivity contribution in [1.29, 1.82) is 0 Å². The van der Waals surface area contributed by atoms with Gasteiger partial charge >= 0.3 is 0 Å². The predicted octanol–water partition coefficient (Wildman–Crippen LogP) is 4.33. The summed E-state index contributed by atoms with van der Waals surface area (Å²) in [5.41, 5.74) is 0.989. The third-order valence-electron chi connectivity index (χ3n) is 4.56. The zero-order valence-electron chi connectivity index (χ0n) is 16.2. The van der Waals surface area contributed by atoms with Crippen LogP contribution in [-0.2, 0) is 11.3 Å². The minimum atomic E-state index is -0.00619. The standard InChI is InChI=1S/C23H25NO4/c1-26-18-10-12-19(13-11-18)28-15-5-8-23(25)24-16-21-20-7-4-3-6-17(20)9-14-22(21)27-2/h3-4,6-7,9-14H,5,8,15-16H2,1-2H3,(H,24,25). The Hall–Kier alpha value is -3.21. The second-order valence-corrected chi connectivity index (χ2v) is 6.37. The van der Waals surface area contributed by atoms with E-state index in [1.165, 1.54) is 0 Å². The highest BCUT2D eigenvalue weighted by atomic mass is 16.5. The van der Waals surface area contributed by atoms with Crippen LogP contribution in [-0.4, -0.2) is 26.7 Å². The number of nitrogens with one attached hydrogen (secondary N) is 1. The quantitative estimate of drug-likeness (QED) is 0.562. The average Bonchev–Trinajstić information content (AvgIpc) is 2.75. The Labute approximate surface area is 165 Å². The Morgan fingerprint density at radius 3 is 2.39 bits per heavy atom. The molecule has 0 saturated heterocycles. The SMILES string of the molecule is COc1ccc(OCCCC(=O)NCc2c(OC)ccc3ccccc23)cc1. The van der Waals surface area contributed by atoms with Gasteiger partial charge in [0.15, 0.2) is 0 Å². The summed E-state index contributed by atoms with van der Waals surface area (Å²) in [6, 6.07) is 19.4. The first kappa shape index (κ1) is 19.5. The summed E-state index contributed by atoms with van der Waals surface area (Å²) >= 11 is 0. The van der Waals surface area contributed by atoms with Gasteiger partial charge in [-0.15, -0.1) is 0 Å². The summed E-state index contributed by atoms with van der Waals surface area (Å²) in [6.45, 7) is 0.917.